The first-order chi connectivity index (χ1) is 13.1. The number of carbonyl (C=O) groups is 1. The zero-order valence-corrected chi connectivity index (χ0v) is 19.0. The maximum absolute atomic E-state index is 11.9. The Hall–Kier alpha value is -0.700. The third-order valence-electron chi connectivity index (χ3n) is 5.09. The van der Waals surface area contributed by atoms with E-state index in [0.717, 1.165) is 12.8 Å². The summed E-state index contributed by atoms with van der Waals surface area (Å²) in [5, 5.41) is 10.9. The van der Waals surface area contributed by atoms with Crippen molar-refractivity contribution in [3.8, 4) is 0 Å². The monoisotopic (exact) mass is 423 g/mol. The van der Waals surface area contributed by atoms with Gasteiger partial charge in [0.05, 0.1) is 33.8 Å². The smallest absolute Gasteiger partial charge is 0.275 e. The molecule has 0 fully saturated rings. The lowest BCUT2D eigenvalue weighted by atomic mass is 10.1. The van der Waals surface area contributed by atoms with E-state index in [1.54, 1.807) is 0 Å². The van der Waals surface area contributed by atoms with Gasteiger partial charge < -0.3 is 14.9 Å². The summed E-state index contributed by atoms with van der Waals surface area (Å²) in [6, 6.07) is 0. The highest BCUT2D eigenvalue weighted by atomic mass is 32.2. The van der Waals surface area contributed by atoms with E-state index in [4.69, 9.17) is 9.66 Å². The Kier molecular flexibility index (Phi) is 14.8. The molecule has 0 spiro atoms. The maximum atomic E-state index is 11.9. The normalized spacial score (nSPS) is 13.5. The van der Waals surface area contributed by atoms with E-state index < -0.39 is 22.0 Å². The number of amides is 1. The fourth-order valence-corrected chi connectivity index (χ4v) is 4.09. The van der Waals surface area contributed by atoms with Crippen LogP contribution < -0.4 is 5.32 Å². The molecule has 1 amide bonds. The lowest BCUT2D eigenvalue weighted by Crippen LogP contribution is -2.49. The van der Waals surface area contributed by atoms with Crippen LogP contribution in [-0.2, 0) is 14.9 Å². The van der Waals surface area contributed by atoms with Crippen LogP contribution in [0.4, 0.5) is 0 Å². The summed E-state index contributed by atoms with van der Waals surface area (Å²) in [5.41, 5.74) is 0. The molecule has 8 heteroatoms. The molecule has 3 N–H and O–H groups in total. The fraction of sp³-hybridized carbons (Fsp3) is 0.950. The summed E-state index contributed by atoms with van der Waals surface area (Å²) in [6.07, 6.45) is 12.3. The minimum atomic E-state index is -4.25. The van der Waals surface area contributed by atoms with Crippen LogP contribution in [0.1, 0.15) is 77.6 Å². The lowest BCUT2D eigenvalue weighted by molar-refractivity contribution is -0.890. The van der Waals surface area contributed by atoms with E-state index in [0.29, 0.717) is 30.4 Å². The number of hydrogen-bond acceptors (Lipinski definition) is 4. The van der Waals surface area contributed by atoms with Crippen LogP contribution in [0.2, 0.25) is 0 Å². The summed E-state index contributed by atoms with van der Waals surface area (Å²) in [4.78, 5) is 11.9. The standard InChI is InChI=1S/C20H42N2O5S/c1-4-5-6-7-8-9-10-11-12-14-20(24)21-15-13-16-22(2,3)17-19(18-23)28(25,26)27/h19,23H,4-18H2,1-3H3,(H-,21,24,25,26,27)/p+1. The van der Waals surface area contributed by atoms with Gasteiger partial charge in [-0.25, -0.2) is 0 Å². The molecule has 7 nitrogen and oxygen atoms in total. The summed E-state index contributed by atoms with van der Waals surface area (Å²) in [5.74, 6) is 0.0689. The maximum Gasteiger partial charge on any atom is 0.275 e. The van der Waals surface area contributed by atoms with Crippen LogP contribution in [0.25, 0.3) is 0 Å². The second-order valence-corrected chi connectivity index (χ2v) is 10.1. The fourth-order valence-electron chi connectivity index (χ4n) is 3.31. The van der Waals surface area contributed by atoms with E-state index in [1.165, 1.54) is 44.9 Å². The van der Waals surface area contributed by atoms with Crippen molar-refractivity contribution in [3.63, 3.8) is 0 Å². The average Bonchev–Trinajstić information content (AvgIpc) is 2.61. The second-order valence-electron chi connectivity index (χ2n) is 8.44. The average molecular weight is 424 g/mol. The van der Waals surface area contributed by atoms with Gasteiger partial charge in [-0.05, 0) is 6.42 Å². The molecule has 0 aromatic rings. The van der Waals surface area contributed by atoms with E-state index in [-0.39, 0.29) is 12.5 Å². The largest absolute Gasteiger partial charge is 0.395 e. The Morgan fingerprint density at radius 2 is 1.50 bits per heavy atom. The highest BCUT2D eigenvalue weighted by Gasteiger charge is 2.30. The van der Waals surface area contributed by atoms with Crippen molar-refractivity contribution in [3.05, 3.63) is 0 Å². The van der Waals surface area contributed by atoms with Crippen LogP contribution in [0, 0.1) is 0 Å². The molecule has 0 aliphatic heterocycles. The predicted octanol–water partition coefficient (Wildman–Crippen LogP) is 2.74. The van der Waals surface area contributed by atoms with E-state index in [1.807, 2.05) is 14.1 Å². The molecule has 0 aromatic heterocycles. The summed E-state index contributed by atoms with van der Waals surface area (Å²) in [6.45, 7) is 2.94. The van der Waals surface area contributed by atoms with Gasteiger partial charge in [-0.1, -0.05) is 58.3 Å². The Bertz CT molecular complexity index is 509. The Morgan fingerprint density at radius 3 is 2.00 bits per heavy atom. The summed E-state index contributed by atoms with van der Waals surface area (Å²) < 4.78 is 31.9. The summed E-state index contributed by atoms with van der Waals surface area (Å²) >= 11 is 0. The molecule has 0 saturated heterocycles. The number of nitrogens with one attached hydrogen (secondary N) is 1. The molecular formula is C20H43N2O5S+. The third-order valence-corrected chi connectivity index (χ3v) is 6.23. The molecule has 1 unspecified atom stereocenters. The minimum Gasteiger partial charge on any atom is -0.395 e. The first-order valence-electron chi connectivity index (χ1n) is 10.8. The van der Waals surface area contributed by atoms with Crippen molar-refractivity contribution in [2.75, 3.05) is 40.3 Å². The first kappa shape index (κ1) is 27.3. The molecule has 0 aromatic carbocycles. The van der Waals surface area contributed by atoms with Crippen LogP contribution in [0.3, 0.4) is 0 Å². The minimum absolute atomic E-state index is 0.0689. The van der Waals surface area contributed by atoms with Crippen molar-refractivity contribution in [2.45, 2.75) is 82.8 Å². The van der Waals surface area contributed by atoms with E-state index in [2.05, 4.69) is 12.2 Å². The van der Waals surface area contributed by atoms with Gasteiger partial charge in [-0.2, -0.15) is 8.42 Å². The van der Waals surface area contributed by atoms with E-state index >= 15 is 0 Å². The highest BCUT2D eigenvalue weighted by molar-refractivity contribution is 7.86. The van der Waals surface area contributed by atoms with Gasteiger partial charge >= 0.3 is 0 Å². The first-order valence-corrected chi connectivity index (χ1v) is 12.3. The molecular weight excluding hydrogens is 380 g/mol. The van der Waals surface area contributed by atoms with Crippen molar-refractivity contribution >= 4 is 16.0 Å². The topological polar surface area (TPSA) is 104 Å². The van der Waals surface area contributed by atoms with Gasteiger partial charge in [0.25, 0.3) is 10.1 Å². The van der Waals surface area contributed by atoms with Gasteiger partial charge in [0.2, 0.25) is 5.91 Å². The molecule has 0 rings (SSSR count). The van der Waals surface area contributed by atoms with Gasteiger partial charge in [0.15, 0.2) is 5.25 Å². The summed E-state index contributed by atoms with van der Waals surface area (Å²) in [7, 11) is -0.561. The van der Waals surface area contributed by atoms with Crippen LogP contribution in [0.15, 0.2) is 0 Å². The molecule has 28 heavy (non-hydrogen) atoms. The van der Waals surface area contributed by atoms with Crippen molar-refractivity contribution in [2.24, 2.45) is 0 Å². The number of rotatable bonds is 18. The molecule has 0 aliphatic carbocycles. The van der Waals surface area contributed by atoms with Gasteiger partial charge in [-0.3, -0.25) is 9.35 Å². The van der Waals surface area contributed by atoms with Crippen LogP contribution in [0.5, 0.6) is 0 Å². The third kappa shape index (κ3) is 15.2. The lowest BCUT2D eigenvalue weighted by Gasteiger charge is -2.32. The quantitative estimate of drug-likeness (QED) is 0.179. The molecule has 0 heterocycles. The molecule has 1 atom stereocenters. The van der Waals surface area contributed by atoms with Gasteiger partial charge in [0, 0.05) is 19.4 Å². The number of aliphatic hydroxyl groups is 1. The van der Waals surface area contributed by atoms with Crippen molar-refractivity contribution in [1.82, 2.24) is 5.32 Å². The Balaban J connectivity index is 3.75. The molecule has 168 valence electrons. The number of aliphatic hydroxyl groups excluding tert-OH is 1. The zero-order chi connectivity index (χ0) is 21.5. The van der Waals surface area contributed by atoms with Gasteiger partial charge in [-0.15, -0.1) is 0 Å². The number of unbranched alkanes of at least 4 members (excludes halogenated alkanes) is 8. The van der Waals surface area contributed by atoms with Gasteiger partial charge in [0.1, 0.15) is 0 Å². The van der Waals surface area contributed by atoms with E-state index in [9.17, 15) is 13.2 Å². The highest BCUT2D eigenvalue weighted by Crippen LogP contribution is 2.10. The second kappa shape index (κ2) is 15.2. The zero-order valence-electron chi connectivity index (χ0n) is 18.2. The number of nitrogens with zero attached hydrogens (tertiary/aromatic N) is 1. The molecule has 0 aliphatic rings. The number of quaternary nitrogens is 1. The molecule has 0 radical (unpaired) electrons. The SMILES string of the molecule is CCCCCCCCCCCC(=O)NCCC[N+](C)(C)CC(CO)S(=O)(=O)O. The predicted molar refractivity (Wildman–Crippen MR) is 114 cm³/mol. The van der Waals surface area contributed by atoms with Crippen LogP contribution >= 0.6 is 0 Å². The Labute approximate surface area is 172 Å². The number of carbonyl (C=O) groups excluding carboxylic acids is 1. The molecule has 0 bridgehead atoms. The Morgan fingerprint density at radius 1 is 0.964 bits per heavy atom. The van der Waals surface area contributed by atoms with Crippen molar-refractivity contribution < 1.29 is 27.4 Å². The molecule has 0 saturated carbocycles. The number of hydrogen-bond donors (Lipinski definition) is 3. The van der Waals surface area contributed by atoms with Crippen molar-refractivity contribution in [1.29, 1.82) is 0 Å². The van der Waals surface area contributed by atoms with Crippen LogP contribution in [-0.4, -0.2) is 74.1 Å².